The van der Waals surface area contributed by atoms with Crippen molar-refractivity contribution in [3.63, 3.8) is 0 Å². The largest absolute Gasteiger partial charge is 0.493 e. The van der Waals surface area contributed by atoms with Crippen LogP contribution in [0.15, 0.2) is 12.3 Å². The number of esters is 1. The Morgan fingerprint density at radius 3 is 2.85 bits per heavy atom. The van der Waals surface area contributed by atoms with Gasteiger partial charge in [-0.3, -0.25) is 14.7 Å². The number of rotatable bonds is 5. The van der Waals surface area contributed by atoms with Gasteiger partial charge in [0.25, 0.3) is 0 Å². The van der Waals surface area contributed by atoms with Crippen molar-refractivity contribution in [2.75, 3.05) is 27.9 Å². The van der Waals surface area contributed by atoms with Gasteiger partial charge in [-0.2, -0.15) is 0 Å². The van der Waals surface area contributed by atoms with Gasteiger partial charge in [0.2, 0.25) is 0 Å². The lowest BCUT2D eigenvalue weighted by Gasteiger charge is -2.23. The van der Waals surface area contributed by atoms with Gasteiger partial charge < -0.3 is 14.2 Å². The first-order valence-corrected chi connectivity index (χ1v) is 6.59. The Morgan fingerprint density at radius 2 is 2.20 bits per heavy atom. The highest BCUT2D eigenvalue weighted by molar-refractivity contribution is 5.76. The van der Waals surface area contributed by atoms with E-state index in [-0.39, 0.29) is 12.0 Å². The molecule has 0 amide bonds. The monoisotopic (exact) mass is 280 g/mol. The topological polar surface area (TPSA) is 60.9 Å². The van der Waals surface area contributed by atoms with E-state index < -0.39 is 0 Å². The van der Waals surface area contributed by atoms with Crippen LogP contribution in [0.1, 0.15) is 18.5 Å². The minimum Gasteiger partial charge on any atom is -0.493 e. The van der Waals surface area contributed by atoms with Crippen molar-refractivity contribution < 1.29 is 19.0 Å². The van der Waals surface area contributed by atoms with Crippen molar-refractivity contribution >= 4 is 5.97 Å². The average molecular weight is 280 g/mol. The van der Waals surface area contributed by atoms with E-state index in [1.807, 2.05) is 0 Å². The van der Waals surface area contributed by atoms with Crippen LogP contribution in [0.25, 0.3) is 0 Å². The summed E-state index contributed by atoms with van der Waals surface area (Å²) in [5.41, 5.74) is 0.766. The number of carbonyl (C=O) groups is 1. The molecule has 1 aliphatic heterocycles. The molecule has 1 saturated heterocycles. The zero-order valence-electron chi connectivity index (χ0n) is 12.1. The van der Waals surface area contributed by atoms with E-state index in [0.717, 1.165) is 25.1 Å². The molecule has 20 heavy (non-hydrogen) atoms. The molecule has 0 spiro atoms. The molecule has 0 N–H and O–H groups in total. The lowest BCUT2D eigenvalue weighted by molar-refractivity contribution is -0.146. The fourth-order valence-corrected chi connectivity index (χ4v) is 2.57. The Balaban J connectivity index is 2.19. The highest BCUT2D eigenvalue weighted by atomic mass is 16.5. The van der Waals surface area contributed by atoms with Crippen molar-refractivity contribution in [3.05, 3.63) is 18.0 Å². The molecule has 1 atom stereocenters. The second-order valence-electron chi connectivity index (χ2n) is 4.64. The van der Waals surface area contributed by atoms with Crippen LogP contribution in [-0.4, -0.2) is 49.8 Å². The van der Waals surface area contributed by atoms with Crippen molar-refractivity contribution in [1.29, 1.82) is 0 Å². The molecule has 2 heterocycles. The van der Waals surface area contributed by atoms with Gasteiger partial charge in [-0.15, -0.1) is 0 Å². The van der Waals surface area contributed by atoms with Crippen molar-refractivity contribution in [2.45, 2.75) is 25.4 Å². The number of likely N-dealkylation sites (tertiary alicyclic amines) is 1. The fourth-order valence-electron chi connectivity index (χ4n) is 2.57. The molecule has 1 aliphatic rings. The van der Waals surface area contributed by atoms with Gasteiger partial charge in [0.1, 0.15) is 11.7 Å². The van der Waals surface area contributed by atoms with Crippen molar-refractivity contribution in [1.82, 2.24) is 9.88 Å². The quantitative estimate of drug-likeness (QED) is 0.756. The lowest BCUT2D eigenvalue weighted by Crippen LogP contribution is -2.36. The second kappa shape index (κ2) is 6.56. The molecule has 110 valence electrons. The SMILES string of the molecule is COC(=O)C1CCCN1Cc1nccc(OC)c1OC. The van der Waals surface area contributed by atoms with Crippen LogP contribution in [-0.2, 0) is 16.1 Å². The molecule has 2 rings (SSSR count). The number of ether oxygens (including phenoxy) is 3. The van der Waals surface area contributed by atoms with E-state index in [4.69, 9.17) is 14.2 Å². The minimum absolute atomic E-state index is 0.190. The van der Waals surface area contributed by atoms with Crippen molar-refractivity contribution in [3.8, 4) is 11.5 Å². The average Bonchev–Trinajstić information content (AvgIpc) is 2.94. The van der Waals surface area contributed by atoms with Crippen LogP contribution in [0.2, 0.25) is 0 Å². The molecule has 0 bridgehead atoms. The third-order valence-corrected chi connectivity index (χ3v) is 3.56. The number of hydrogen-bond donors (Lipinski definition) is 0. The third-order valence-electron chi connectivity index (χ3n) is 3.56. The van der Waals surface area contributed by atoms with Crippen molar-refractivity contribution in [2.24, 2.45) is 0 Å². The summed E-state index contributed by atoms with van der Waals surface area (Å²) in [7, 11) is 4.60. The van der Waals surface area contributed by atoms with E-state index in [1.165, 1.54) is 7.11 Å². The molecule has 6 nitrogen and oxygen atoms in total. The summed E-state index contributed by atoms with van der Waals surface area (Å²) in [5.74, 6) is 1.07. The van der Waals surface area contributed by atoms with Gasteiger partial charge in [-0.1, -0.05) is 0 Å². The van der Waals surface area contributed by atoms with Crippen LogP contribution < -0.4 is 9.47 Å². The first-order chi connectivity index (χ1) is 9.71. The number of methoxy groups -OCH3 is 3. The van der Waals surface area contributed by atoms with Gasteiger partial charge in [0.15, 0.2) is 11.5 Å². The van der Waals surface area contributed by atoms with Crippen LogP contribution in [0.5, 0.6) is 11.5 Å². The van der Waals surface area contributed by atoms with Gasteiger partial charge in [-0.25, -0.2) is 0 Å². The van der Waals surface area contributed by atoms with E-state index in [1.54, 1.807) is 26.5 Å². The summed E-state index contributed by atoms with van der Waals surface area (Å²) in [6, 6.07) is 1.56. The lowest BCUT2D eigenvalue weighted by atomic mass is 10.2. The Kier molecular flexibility index (Phi) is 4.79. The highest BCUT2D eigenvalue weighted by Crippen LogP contribution is 2.31. The summed E-state index contributed by atoms with van der Waals surface area (Å²) < 4.78 is 15.5. The van der Waals surface area contributed by atoms with E-state index >= 15 is 0 Å². The number of aromatic nitrogens is 1. The molecular formula is C14H20N2O4. The molecule has 0 aromatic carbocycles. The summed E-state index contributed by atoms with van der Waals surface area (Å²) in [4.78, 5) is 18.2. The molecule has 0 aliphatic carbocycles. The summed E-state index contributed by atoms with van der Waals surface area (Å²) >= 11 is 0. The maximum atomic E-state index is 11.8. The maximum absolute atomic E-state index is 11.8. The van der Waals surface area contributed by atoms with Crippen LogP contribution in [0, 0.1) is 0 Å². The molecule has 0 saturated carbocycles. The number of pyridine rings is 1. The van der Waals surface area contributed by atoms with Crippen LogP contribution >= 0.6 is 0 Å². The van der Waals surface area contributed by atoms with Gasteiger partial charge >= 0.3 is 5.97 Å². The zero-order chi connectivity index (χ0) is 14.5. The summed E-state index contributed by atoms with van der Waals surface area (Å²) in [6.07, 6.45) is 3.48. The van der Waals surface area contributed by atoms with Gasteiger partial charge in [0.05, 0.1) is 21.3 Å². The van der Waals surface area contributed by atoms with E-state index in [9.17, 15) is 4.79 Å². The van der Waals surface area contributed by atoms with E-state index in [0.29, 0.717) is 18.0 Å². The highest BCUT2D eigenvalue weighted by Gasteiger charge is 2.32. The van der Waals surface area contributed by atoms with Gasteiger partial charge in [-0.05, 0) is 19.4 Å². The number of hydrogen-bond acceptors (Lipinski definition) is 6. The second-order valence-corrected chi connectivity index (χ2v) is 4.64. The molecule has 1 fully saturated rings. The zero-order valence-corrected chi connectivity index (χ0v) is 12.1. The molecule has 1 unspecified atom stereocenters. The molecule has 0 radical (unpaired) electrons. The smallest absolute Gasteiger partial charge is 0.323 e. The van der Waals surface area contributed by atoms with E-state index in [2.05, 4.69) is 9.88 Å². The molecule has 6 heteroatoms. The standard InChI is InChI=1S/C14H20N2O4/c1-18-12-6-7-15-10(13(12)19-2)9-16-8-4-5-11(16)14(17)20-3/h6-7,11H,4-5,8-9H2,1-3H3. The first kappa shape index (κ1) is 14.6. The molecule has 1 aromatic heterocycles. The Hall–Kier alpha value is -1.82. The third kappa shape index (κ3) is 2.85. The Labute approximate surface area is 118 Å². The Bertz CT molecular complexity index is 478. The molecular weight excluding hydrogens is 260 g/mol. The molecule has 1 aromatic rings. The van der Waals surface area contributed by atoms with Crippen LogP contribution in [0.3, 0.4) is 0 Å². The summed E-state index contributed by atoms with van der Waals surface area (Å²) in [6.45, 7) is 1.39. The maximum Gasteiger partial charge on any atom is 0.323 e. The van der Waals surface area contributed by atoms with Crippen LogP contribution in [0.4, 0.5) is 0 Å². The number of nitrogens with zero attached hydrogens (tertiary/aromatic N) is 2. The minimum atomic E-state index is -0.197. The Morgan fingerprint density at radius 1 is 1.40 bits per heavy atom. The van der Waals surface area contributed by atoms with Gasteiger partial charge in [0, 0.05) is 18.8 Å². The predicted octanol–water partition coefficient (Wildman–Crippen LogP) is 1.24. The fraction of sp³-hybridized carbons (Fsp3) is 0.571. The first-order valence-electron chi connectivity index (χ1n) is 6.59. The summed E-state index contributed by atoms with van der Waals surface area (Å²) in [5, 5.41) is 0. The predicted molar refractivity (Wildman–Crippen MR) is 72.8 cm³/mol. The normalized spacial score (nSPS) is 18.9. The number of carbonyl (C=O) groups excluding carboxylic acids is 1.